The Bertz CT molecular complexity index is 400. The van der Waals surface area contributed by atoms with Gasteiger partial charge in [0.2, 0.25) is 0 Å². The van der Waals surface area contributed by atoms with Crippen molar-refractivity contribution in [2.75, 3.05) is 0 Å². The highest BCUT2D eigenvalue weighted by Crippen LogP contribution is 2.31. The van der Waals surface area contributed by atoms with Gasteiger partial charge in [-0.2, -0.15) is 5.10 Å². The average Bonchev–Trinajstić information content (AvgIpc) is 2.76. The molecule has 18 heavy (non-hydrogen) atoms. The molecule has 0 aromatic carbocycles. The lowest BCUT2D eigenvalue weighted by atomic mass is 9.92. The molecule has 2 unspecified atom stereocenters. The van der Waals surface area contributed by atoms with E-state index in [2.05, 4.69) is 18.5 Å². The van der Waals surface area contributed by atoms with Crippen LogP contribution in [0.1, 0.15) is 62.5 Å². The summed E-state index contributed by atoms with van der Waals surface area (Å²) in [7, 11) is 0. The van der Waals surface area contributed by atoms with Crippen molar-refractivity contribution in [3.05, 3.63) is 17.0 Å². The SMILES string of the molecule is CCc1nn(C2CCCCC2O)c(CC)c1CN. The summed E-state index contributed by atoms with van der Waals surface area (Å²) in [5.41, 5.74) is 9.38. The van der Waals surface area contributed by atoms with Crippen molar-refractivity contribution >= 4 is 0 Å². The molecule has 0 radical (unpaired) electrons. The van der Waals surface area contributed by atoms with Crippen LogP contribution in [0, 0.1) is 0 Å². The van der Waals surface area contributed by atoms with E-state index in [1.54, 1.807) is 0 Å². The van der Waals surface area contributed by atoms with Crippen molar-refractivity contribution in [1.29, 1.82) is 0 Å². The second-order valence-electron chi connectivity index (χ2n) is 5.15. The molecule has 0 amide bonds. The first-order valence-electron chi connectivity index (χ1n) is 7.20. The van der Waals surface area contributed by atoms with Gasteiger partial charge in [0.25, 0.3) is 0 Å². The second kappa shape index (κ2) is 5.85. The summed E-state index contributed by atoms with van der Waals surface area (Å²) in [6, 6.07) is 0.152. The molecule has 1 aromatic heterocycles. The van der Waals surface area contributed by atoms with E-state index in [9.17, 15) is 5.11 Å². The van der Waals surface area contributed by atoms with Crippen molar-refractivity contribution in [1.82, 2.24) is 9.78 Å². The Morgan fingerprint density at radius 3 is 2.56 bits per heavy atom. The maximum Gasteiger partial charge on any atom is 0.0781 e. The predicted molar refractivity (Wildman–Crippen MR) is 72.4 cm³/mol. The van der Waals surface area contributed by atoms with Gasteiger partial charge in [0.05, 0.1) is 17.8 Å². The minimum atomic E-state index is -0.251. The van der Waals surface area contributed by atoms with E-state index in [0.717, 1.165) is 37.8 Å². The van der Waals surface area contributed by atoms with E-state index < -0.39 is 0 Å². The zero-order chi connectivity index (χ0) is 13.1. The van der Waals surface area contributed by atoms with Crippen LogP contribution in [-0.2, 0) is 19.4 Å². The van der Waals surface area contributed by atoms with Crippen LogP contribution in [0.4, 0.5) is 0 Å². The molecule has 0 aliphatic heterocycles. The smallest absolute Gasteiger partial charge is 0.0781 e. The molecule has 1 fully saturated rings. The molecular weight excluding hydrogens is 226 g/mol. The van der Waals surface area contributed by atoms with Gasteiger partial charge in [-0.05, 0) is 25.7 Å². The zero-order valence-corrected chi connectivity index (χ0v) is 11.5. The molecule has 1 aliphatic carbocycles. The van der Waals surface area contributed by atoms with E-state index in [4.69, 9.17) is 10.8 Å². The molecule has 4 nitrogen and oxygen atoms in total. The van der Waals surface area contributed by atoms with Crippen molar-refractivity contribution in [2.45, 2.75) is 71.1 Å². The van der Waals surface area contributed by atoms with Crippen LogP contribution in [0.25, 0.3) is 0 Å². The Balaban J connectivity index is 2.39. The first kappa shape index (κ1) is 13.6. The Morgan fingerprint density at radius 1 is 1.28 bits per heavy atom. The van der Waals surface area contributed by atoms with Crippen LogP contribution in [0.5, 0.6) is 0 Å². The third-order valence-corrected chi connectivity index (χ3v) is 4.08. The van der Waals surface area contributed by atoms with Crippen LogP contribution in [-0.4, -0.2) is 21.0 Å². The summed E-state index contributed by atoms with van der Waals surface area (Å²) in [6.45, 7) is 4.80. The Hall–Kier alpha value is -0.870. The Labute approximate surface area is 109 Å². The van der Waals surface area contributed by atoms with Gasteiger partial charge >= 0.3 is 0 Å². The van der Waals surface area contributed by atoms with E-state index in [1.807, 2.05) is 0 Å². The number of aromatic nitrogens is 2. The summed E-state index contributed by atoms with van der Waals surface area (Å²) < 4.78 is 2.07. The zero-order valence-electron chi connectivity index (χ0n) is 11.5. The lowest BCUT2D eigenvalue weighted by molar-refractivity contribution is 0.0678. The fourth-order valence-electron chi connectivity index (χ4n) is 3.10. The lowest BCUT2D eigenvalue weighted by Gasteiger charge is -2.29. The van der Waals surface area contributed by atoms with E-state index in [1.165, 1.54) is 17.7 Å². The quantitative estimate of drug-likeness (QED) is 0.859. The molecule has 0 spiro atoms. The Morgan fingerprint density at radius 2 is 2.00 bits per heavy atom. The Kier molecular flexibility index (Phi) is 4.40. The number of hydrogen-bond acceptors (Lipinski definition) is 3. The lowest BCUT2D eigenvalue weighted by Crippen LogP contribution is -2.29. The van der Waals surface area contributed by atoms with E-state index in [-0.39, 0.29) is 12.1 Å². The standard InChI is InChI=1S/C14H25N3O/c1-3-11-10(9-15)12(4-2)17(16-11)13-7-5-6-8-14(13)18/h13-14,18H,3-9,15H2,1-2H3. The number of nitrogens with two attached hydrogens (primary N) is 1. The summed E-state index contributed by atoms with van der Waals surface area (Å²) >= 11 is 0. The van der Waals surface area contributed by atoms with Crippen LogP contribution < -0.4 is 5.73 Å². The van der Waals surface area contributed by atoms with Gasteiger partial charge in [-0.1, -0.05) is 26.7 Å². The van der Waals surface area contributed by atoms with E-state index in [0.29, 0.717) is 6.54 Å². The molecule has 0 bridgehead atoms. The first-order chi connectivity index (χ1) is 8.72. The minimum Gasteiger partial charge on any atom is -0.391 e. The molecule has 3 N–H and O–H groups in total. The number of rotatable bonds is 4. The fourth-order valence-corrected chi connectivity index (χ4v) is 3.10. The number of hydrogen-bond donors (Lipinski definition) is 2. The number of aliphatic hydroxyl groups is 1. The van der Waals surface area contributed by atoms with Crippen LogP contribution in [0.15, 0.2) is 0 Å². The van der Waals surface area contributed by atoms with Crippen LogP contribution >= 0.6 is 0 Å². The molecule has 2 rings (SSSR count). The number of aliphatic hydroxyl groups excluding tert-OH is 1. The molecular formula is C14H25N3O. The third-order valence-electron chi connectivity index (χ3n) is 4.08. The van der Waals surface area contributed by atoms with Gasteiger partial charge in [0.1, 0.15) is 0 Å². The van der Waals surface area contributed by atoms with Gasteiger partial charge in [-0.3, -0.25) is 4.68 Å². The molecule has 102 valence electrons. The number of aryl methyl sites for hydroxylation is 1. The highest BCUT2D eigenvalue weighted by Gasteiger charge is 2.28. The molecule has 1 heterocycles. The minimum absolute atomic E-state index is 0.152. The summed E-state index contributed by atoms with van der Waals surface area (Å²) in [6.07, 6.45) is 5.84. The highest BCUT2D eigenvalue weighted by molar-refractivity contribution is 5.27. The normalized spacial score (nSPS) is 24.4. The monoisotopic (exact) mass is 251 g/mol. The fraction of sp³-hybridized carbons (Fsp3) is 0.786. The largest absolute Gasteiger partial charge is 0.391 e. The molecule has 0 saturated heterocycles. The maximum atomic E-state index is 10.2. The van der Waals surface area contributed by atoms with Crippen molar-refractivity contribution in [3.8, 4) is 0 Å². The molecule has 1 saturated carbocycles. The topological polar surface area (TPSA) is 64.1 Å². The number of nitrogens with zero attached hydrogens (tertiary/aromatic N) is 2. The molecule has 1 aliphatic rings. The third kappa shape index (κ3) is 2.31. The summed E-state index contributed by atoms with van der Waals surface area (Å²) in [5, 5.41) is 14.9. The maximum absolute atomic E-state index is 10.2. The summed E-state index contributed by atoms with van der Waals surface area (Å²) in [4.78, 5) is 0. The van der Waals surface area contributed by atoms with Crippen LogP contribution in [0.2, 0.25) is 0 Å². The van der Waals surface area contributed by atoms with Gasteiger partial charge in [-0.25, -0.2) is 0 Å². The van der Waals surface area contributed by atoms with Crippen LogP contribution in [0.3, 0.4) is 0 Å². The first-order valence-corrected chi connectivity index (χ1v) is 7.20. The molecule has 1 aromatic rings. The van der Waals surface area contributed by atoms with Crippen molar-refractivity contribution in [3.63, 3.8) is 0 Å². The van der Waals surface area contributed by atoms with Gasteiger partial charge in [0.15, 0.2) is 0 Å². The van der Waals surface area contributed by atoms with Crippen molar-refractivity contribution < 1.29 is 5.11 Å². The summed E-state index contributed by atoms with van der Waals surface area (Å²) in [5.74, 6) is 0. The van der Waals surface area contributed by atoms with Gasteiger partial charge < -0.3 is 10.8 Å². The predicted octanol–water partition coefficient (Wildman–Crippen LogP) is 1.94. The highest BCUT2D eigenvalue weighted by atomic mass is 16.3. The average molecular weight is 251 g/mol. The van der Waals surface area contributed by atoms with Gasteiger partial charge in [0, 0.05) is 17.8 Å². The van der Waals surface area contributed by atoms with Crippen molar-refractivity contribution in [2.24, 2.45) is 5.73 Å². The van der Waals surface area contributed by atoms with Gasteiger partial charge in [-0.15, -0.1) is 0 Å². The molecule has 2 atom stereocenters. The second-order valence-corrected chi connectivity index (χ2v) is 5.15. The molecule has 4 heteroatoms. The van der Waals surface area contributed by atoms with E-state index >= 15 is 0 Å².